The molecular weight excluding hydrogens is 376 g/mol. The first-order chi connectivity index (χ1) is 13.7. The van der Waals surface area contributed by atoms with Gasteiger partial charge in [-0.05, 0) is 75.0 Å². The molecule has 7 heteroatoms. The minimum Gasteiger partial charge on any atom is -0.481 e. The van der Waals surface area contributed by atoms with Crippen LogP contribution in [0.15, 0.2) is 0 Å². The second-order valence-corrected chi connectivity index (χ2v) is 11.0. The second kappa shape index (κ2) is 5.54. The van der Waals surface area contributed by atoms with Crippen LogP contribution in [-0.4, -0.2) is 66.6 Å². The summed E-state index contributed by atoms with van der Waals surface area (Å²) in [6, 6.07) is 0. The van der Waals surface area contributed by atoms with Crippen molar-refractivity contribution in [2.45, 2.75) is 99.3 Å². The zero-order chi connectivity index (χ0) is 20.4. The molecule has 29 heavy (non-hydrogen) atoms. The molecule has 1 heterocycles. The van der Waals surface area contributed by atoms with Crippen LogP contribution in [0.2, 0.25) is 0 Å². The van der Waals surface area contributed by atoms with Gasteiger partial charge in [0.15, 0.2) is 0 Å². The maximum atomic E-state index is 11.7. The molecule has 1 saturated heterocycles. The summed E-state index contributed by atoms with van der Waals surface area (Å²) in [5.41, 5.74) is -3.79. The number of aliphatic carboxylic acids is 1. The Labute approximate surface area is 170 Å². The highest BCUT2D eigenvalue weighted by Crippen LogP contribution is 2.83. The average Bonchev–Trinajstić information content (AvgIpc) is 2.96. The summed E-state index contributed by atoms with van der Waals surface area (Å²) in [7, 11) is 0. The normalized spacial score (nSPS) is 62.0. The smallest absolute Gasteiger partial charge is 0.303 e. The minimum atomic E-state index is -1.28. The lowest BCUT2D eigenvalue weighted by Crippen LogP contribution is -2.69. The van der Waals surface area contributed by atoms with Crippen molar-refractivity contribution in [3.63, 3.8) is 0 Å². The molecule has 1 spiro atoms. The fourth-order valence-electron chi connectivity index (χ4n) is 9.28. The van der Waals surface area contributed by atoms with Crippen LogP contribution in [0.5, 0.6) is 0 Å². The van der Waals surface area contributed by atoms with Gasteiger partial charge < -0.3 is 30.3 Å². The maximum Gasteiger partial charge on any atom is 0.303 e. The van der Waals surface area contributed by atoms with Crippen LogP contribution in [-0.2, 0) is 9.53 Å². The lowest BCUT2D eigenvalue weighted by Gasteiger charge is -2.61. The van der Waals surface area contributed by atoms with Crippen LogP contribution in [0, 0.1) is 29.1 Å². The molecule has 6 aliphatic rings. The number of aliphatic hydroxyl groups is 4. The second-order valence-electron chi connectivity index (χ2n) is 11.0. The molecule has 6 rings (SSSR count). The minimum absolute atomic E-state index is 0.0913. The summed E-state index contributed by atoms with van der Waals surface area (Å²) >= 11 is 0. The Kier molecular flexibility index (Phi) is 3.63. The number of ether oxygens (including phenoxy) is 1. The lowest BCUT2D eigenvalue weighted by molar-refractivity contribution is -0.270. The van der Waals surface area contributed by atoms with Gasteiger partial charge in [0.1, 0.15) is 5.60 Å². The van der Waals surface area contributed by atoms with Gasteiger partial charge in [0, 0.05) is 18.3 Å². The van der Waals surface area contributed by atoms with E-state index in [1.807, 2.05) is 0 Å². The molecule has 0 bridgehead atoms. The van der Waals surface area contributed by atoms with E-state index in [0.29, 0.717) is 32.1 Å². The van der Waals surface area contributed by atoms with E-state index >= 15 is 0 Å². The number of aliphatic hydroxyl groups excluding tert-OH is 1. The molecule has 5 N–H and O–H groups in total. The van der Waals surface area contributed by atoms with Gasteiger partial charge in [0.05, 0.1) is 29.5 Å². The summed E-state index contributed by atoms with van der Waals surface area (Å²) in [6.07, 6.45) is 4.38. The number of fused-ring (bicyclic) bond motifs is 5. The first-order valence-electron chi connectivity index (χ1n) is 11.4. The lowest BCUT2D eigenvalue weighted by atomic mass is 9.48. The van der Waals surface area contributed by atoms with E-state index in [1.54, 1.807) is 0 Å². The first kappa shape index (κ1) is 19.0. The number of hydrogen-bond acceptors (Lipinski definition) is 6. The topological polar surface area (TPSA) is 127 Å². The molecular formula is C22H32O7. The molecule has 0 aromatic carbocycles. The predicted octanol–water partition coefficient (Wildman–Crippen LogP) is 0.813. The Morgan fingerprint density at radius 1 is 0.931 bits per heavy atom. The van der Waals surface area contributed by atoms with Crippen molar-refractivity contribution in [2.24, 2.45) is 29.1 Å². The molecule has 5 saturated carbocycles. The molecule has 162 valence electrons. The van der Waals surface area contributed by atoms with Crippen molar-refractivity contribution in [2.75, 3.05) is 0 Å². The molecule has 11 atom stereocenters. The summed E-state index contributed by atoms with van der Waals surface area (Å²) in [5.74, 6) is -0.288. The van der Waals surface area contributed by atoms with Gasteiger partial charge in [-0.25, -0.2) is 0 Å². The van der Waals surface area contributed by atoms with E-state index in [1.165, 1.54) is 0 Å². The van der Waals surface area contributed by atoms with Crippen molar-refractivity contribution in [3.8, 4) is 0 Å². The van der Waals surface area contributed by atoms with Crippen LogP contribution in [0.1, 0.15) is 64.2 Å². The number of carboxylic acids is 1. The Balaban J connectivity index is 1.32. The third kappa shape index (κ3) is 2.00. The van der Waals surface area contributed by atoms with Crippen molar-refractivity contribution in [1.29, 1.82) is 0 Å². The highest BCUT2D eigenvalue weighted by atomic mass is 16.5. The van der Waals surface area contributed by atoms with Crippen molar-refractivity contribution < 1.29 is 35.1 Å². The number of rotatable bonds is 3. The molecule has 6 unspecified atom stereocenters. The molecule has 0 aromatic heterocycles. The summed E-state index contributed by atoms with van der Waals surface area (Å²) < 4.78 is 6.28. The van der Waals surface area contributed by atoms with E-state index in [4.69, 9.17) is 9.84 Å². The average molecular weight is 408 g/mol. The largest absolute Gasteiger partial charge is 0.481 e. The molecule has 0 radical (unpaired) electrons. The van der Waals surface area contributed by atoms with Gasteiger partial charge in [-0.1, -0.05) is 0 Å². The molecule has 6 fully saturated rings. The van der Waals surface area contributed by atoms with E-state index in [2.05, 4.69) is 0 Å². The van der Waals surface area contributed by atoms with Gasteiger partial charge in [0.2, 0.25) is 0 Å². The van der Waals surface area contributed by atoms with Crippen LogP contribution >= 0.6 is 0 Å². The molecule has 0 aromatic rings. The third-order valence-corrected chi connectivity index (χ3v) is 10.3. The fraction of sp³-hybridized carbons (Fsp3) is 0.955. The van der Waals surface area contributed by atoms with Crippen molar-refractivity contribution >= 4 is 5.97 Å². The zero-order valence-electron chi connectivity index (χ0n) is 16.7. The van der Waals surface area contributed by atoms with Crippen LogP contribution < -0.4 is 0 Å². The van der Waals surface area contributed by atoms with Crippen LogP contribution in [0.4, 0.5) is 0 Å². The number of carboxylic acid groups (broad SMARTS) is 1. The van der Waals surface area contributed by atoms with Crippen molar-refractivity contribution in [1.82, 2.24) is 0 Å². The number of carbonyl (C=O) groups is 1. The maximum absolute atomic E-state index is 11.7. The summed E-state index contributed by atoms with van der Waals surface area (Å²) in [5, 5.41) is 53.9. The highest BCUT2D eigenvalue weighted by molar-refractivity contribution is 5.66. The predicted molar refractivity (Wildman–Crippen MR) is 99.7 cm³/mol. The third-order valence-electron chi connectivity index (χ3n) is 10.3. The Morgan fingerprint density at radius 3 is 2.45 bits per heavy atom. The Morgan fingerprint density at radius 2 is 1.69 bits per heavy atom. The van der Waals surface area contributed by atoms with Crippen molar-refractivity contribution in [3.05, 3.63) is 0 Å². The van der Waals surface area contributed by atoms with Gasteiger partial charge in [-0.15, -0.1) is 0 Å². The van der Waals surface area contributed by atoms with Gasteiger partial charge in [0.25, 0.3) is 0 Å². The van der Waals surface area contributed by atoms with Crippen LogP contribution in [0.25, 0.3) is 0 Å². The van der Waals surface area contributed by atoms with Gasteiger partial charge >= 0.3 is 5.97 Å². The molecule has 0 amide bonds. The van der Waals surface area contributed by atoms with E-state index in [0.717, 1.165) is 19.3 Å². The van der Waals surface area contributed by atoms with E-state index in [-0.39, 0.29) is 54.1 Å². The van der Waals surface area contributed by atoms with Crippen LogP contribution in [0.3, 0.4) is 0 Å². The monoisotopic (exact) mass is 408 g/mol. The number of hydrogen-bond donors (Lipinski definition) is 5. The SMILES string of the molecule is O=C(O)CCC1OC2C3(O)CC4C(CC[C@]5(O)C[C@H](O)CC[C@]45O)C4CC[C@H]1[C@@]423. The first-order valence-corrected chi connectivity index (χ1v) is 11.4. The molecule has 1 aliphatic heterocycles. The summed E-state index contributed by atoms with van der Waals surface area (Å²) in [6.45, 7) is 0. The molecule has 5 aliphatic carbocycles. The fourth-order valence-corrected chi connectivity index (χ4v) is 9.28. The highest BCUT2D eigenvalue weighted by Gasteiger charge is 2.91. The molecule has 7 nitrogen and oxygen atoms in total. The zero-order valence-corrected chi connectivity index (χ0v) is 16.7. The van der Waals surface area contributed by atoms with Gasteiger partial charge in [-0.3, -0.25) is 4.79 Å². The Bertz CT molecular complexity index is 757. The van der Waals surface area contributed by atoms with Gasteiger partial charge in [-0.2, -0.15) is 0 Å². The standard InChI is InChI=1S/C22H32O7/c23-11-5-8-20(27)15-10-21(28)18-22(21)13(12(15)6-7-19(20,26)9-11)1-2-14(22)16(29-18)3-4-17(24)25/h11-16,18,23,26-28H,1-10H2,(H,24,25)/t11-,12?,13?,14-,15?,16?,18?,19+,20+,21?,22+/m1/s1. The van der Waals surface area contributed by atoms with E-state index < -0.39 is 28.9 Å². The summed E-state index contributed by atoms with van der Waals surface area (Å²) in [4.78, 5) is 11.0. The Hall–Kier alpha value is -0.730. The quantitative estimate of drug-likeness (QED) is 0.468. The van der Waals surface area contributed by atoms with E-state index in [9.17, 15) is 25.2 Å².